The second-order valence-electron chi connectivity index (χ2n) is 5.31. The summed E-state index contributed by atoms with van der Waals surface area (Å²) in [6, 6.07) is 1.66. The van der Waals surface area contributed by atoms with E-state index in [1.807, 2.05) is 0 Å². The van der Waals surface area contributed by atoms with E-state index in [-0.39, 0.29) is 11.5 Å². The number of nitrogens with two attached hydrogens (primary N) is 1. The number of halogens is 3. The fourth-order valence-corrected chi connectivity index (χ4v) is 2.70. The largest absolute Gasteiger partial charge is 0.324 e. The Labute approximate surface area is 105 Å². The van der Waals surface area contributed by atoms with Crippen LogP contribution >= 0.6 is 0 Å². The smallest absolute Gasteiger partial charge is 0.194 e. The van der Waals surface area contributed by atoms with Crippen LogP contribution in [0.1, 0.15) is 44.2 Å². The van der Waals surface area contributed by atoms with E-state index < -0.39 is 23.5 Å². The Morgan fingerprint density at radius 3 is 2.28 bits per heavy atom. The Bertz CT molecular complexity index is 425. The monoisotopic (exact) mass is 257 g/mol. The molecule has 2 N–H and O–H groups in total. The van der Waals surface area contributed by atoms with Crippen LogP contribution in [0.2, 0.25) is 0 Å². The molecule has 1 aromatic carbocycles. The molecule has 1 nitrogen and oxygen atoms in total. The molecule has 1 unspecified atom stereocenters. The molecule has 1 aliphatic rings. The van der Waals surface area contributed by atoms with E-state index in [0.717, 1.165) is 31.7 Å². The first kappa shape index (κ1) is 13.4. The summed E-state index contributed by atoms with van der Waals surface area (Å²) in [4.78, 5) is 0. The van der Waals surface area contributed by atoms with Crippen LogP contribution < -0.4 is 5.73 Å². The second kappa shape index (κ2) is 5.31. The summed E-state index contributed by atoms with van der Waals surface area (Å²) in [7, 11) is 0. The lowest BCUT2D eigenvalue weighted by Crippen LogP contribution is -2.26. The second-order valence-corrected chi connectivity index (χ2v) is 5.31. The normalized spacial score (nSPS) is 26.1. The topological polar surface area (TPSA) is 26.0 Å². The predicted molar refractivity (Wildman–Crippen MR) is 64.4 cm³/mol. The molecule has 4 heteroatoms. The third-order valence-corrected chi connectivity index (χ3v) is 3.99. The Morgan fingerprint density at radius 1 is 1.06 bits per heavy atom. The molecule has 0 heterocycles. The van der Waals surface area contributed by atoms with Crippen molar-refractivity contribution in [2.24, 2.45) is 17.6 Å². The van der Waals surface area contributed by atoms with Gasteiger partial charge in [0.2, 0.25) is 0 Å². The average molecular weight is 257 g/mol. The molecule has 0 spiro atoms. The van der Waals surface area contributed by atoms with Gasteiger partial charge >= 0.3 is 0 Å². The van der Waals surface area contributed by atoms with Crippen LogP contribution in [0.5, 0.6) is 0 Å². The fraction of sp³-hybridized carbons (Fsp3) is 0.571. The maximum absolute atomic E-state index is 13.6. The molecule has 100 valence electrons. The molecule has 0 aliphatic heterocycles. The molecule has 1 saturated carbocycles. The van der Waals surface area contributed by atoms with Gasteiger partial charge in [0.15, 0.2) is 17.5 Å². The molecule has 1 fully saturated rings. The zero-order valence-electron chi connectivity index (χ0n) is 10.4. The van der Waals surface area contributed by atoms with E-state index >= 15 is 0 Å². The van der Waals surface area contributed by atoms with Gasteiger partial charge in [-0.2, -0.15) is 0 Å². The van der Waals surface area contributed by atoms with Crippen LogP contribution in [0, 0.1) is 29.3 Å². The summed E-state index contributed by atoms with van der Waals surface area (Å²) in [5, 5.41) is 0. The van der Waals surface area contributed by atoms with Crippen LogP contribution in [0.3, 0.4) is 0 Å². The lowest BCUT2D eigenvalue weighted by Gasteiger charge is -2.31. The molecule has 1 aromatic rings. The Balaban J connectivity index is 2.18. The minimum atomic E-state index is -1.42. The maximum atomic E-state index is 13.6. The Kier molecular flexibility index (Phi) is 3.95. The van der Waals surface area contributed by atoms with Gasteiger partial charge in [0.25, 0.3) is 0 Å². The van der Waals surface area contributed by atoms with E-state index in [4.69, 9.17) is 5.73 Å². The summed E-state index contributed by atoms with van der Waals surface area (Å²) in [6.07, 6.45) is 3.95. The molecule has 0 bridgehead atoms. The zero-order chi connectivity index (χ0) is 13.3. The van der Waals surface area contributed by atoms with Gasteiger partial charge in [0, 0.05) is 11.6 Å². The first-order valence-electron chi connectivity index (χ1n) is 6.39. The number of benzene rings is 1. The lowest BCUT2D eigenvalue weighted by atomic mass is 9.77. The molecule has 0 aromatic heterocycles. The van der Waals surface area contributed by atoms with Gasteiger partial charge in [-0.05, 0) is 30.7 Å². The van der Waals surface area contributed by atoms with Gasteiger partial charge in [0.05, 0.1) is 0 Å². The van der Waals surface area contributed by atoms with Crippen LogP contribution in [0.4, 0.5) is 13.2 Å². The summed E-state index contributed by atoms with van der Waals surface area (Å²) >= 11 is 0. The number of hydrogen-bond donors (Lipinski definition) is 1. The van der Waals surface area contributed by atoms with Crippen LogP contribution in [0.15, 0.2) is 12.1 Å². The van der Waals surface area contributed by atoms with E-state index in [2.05, 4.69) is 6.92 Å². The van der Waals surface area contributed by atoms with Gasteiger partial charge in [-0.1, -0.05) is 25.8 Å². The van der Waals surface area contributed by atoms with Crippen molar-refractivity contribution in [3.05, 3.63) is 35.1 Å². The Morgan fingerprint density at radius 2 is 1.67 bits per heavy atom. The minimum absolute atomic E-state index is 0.0912. The number of rotatable bonds is 2. The van der Waals surface area contributed by atoms with E-state index in [1.54, 1.807) is 0 Å². The van der Waals surface area contributed by atoms with Crippen molar-refractivity contribution in [2.75, 3.05) is 0 Å². The molecule has 0 radical (unpaired) electrons. The van der Waals surface area contributed by atoms with Gasteiger partial charge < -0.3 is 5.73 Å². The fourth-order valence-electron chi connectivity index (χ4n) is 2.70. The highest BCUT2D eigenvalue weighted by molar-refractivity contribution is 5.24. The SMILES string of the molecule is CC1CCC(C(N)c2ccc(F)c(F)c2F)CC1. The highest BCUT2D eigenvalue weighted by Gasteiger charge is 2.27. The third kappa shape index (κ3) is 2.53. The van der Waals surface area contributed by atoms with Crippen molar-refractivity contribution in [3.63, 3.8) is 0 Å². The van der Waals surface area contributed by atoms with Crippen LogP contribution in [-0.2, 0) is 0 Å². The van der Waals surface area contributed by atoms with Crippen molar-refractivity contribution in [3.8, 4) is 0 Å². The molecule has 18 heavy (non-hydrogen) atoms. The minimum Gasteiger partial charge on any atom is -0.324 e. The molecule has 2 rings (SSSR count). The molecule has 0 saturated heterocycles. The number of hydrogen-bond acceptors (Lipinski definition) is 1. The van der Waals surface area contributed by atoms with Gasteiger partial charge in [-0.15, -0.1) is 0 Å². The Hall–Kier alpha value is -1.03. The quantitative estimate of drug-likeness (QED) is 0.798. The van der Waals surface area contributed by atoms with Crippen molar-refractivity contribution < 1.29 is 13.2 Å². The van der Waals surface area contributed by atoms with Crippen LogP contribution in [0.25, 0.3) is 0 Å². The van der Waals surface area contributed by atoms with Gasteiger partial charge in [0.1, 0.15) is 0 Å². The zero-order valence-corrected chi connectivity index (χ0v) is 10.4. The first-order valence-corrected chi connectivity index (χ1v) is 6.39. The van der Waals surface area contributed by atoms with E-state index in [1.165, 1.54) is 6.07 Å². The third-order valence-electron chi connectivity index (χ3n) is 3.99. The summed E-state index contributed by atoms with van der Waals surface area (Å²) in [5.74, 6) is -2.90. The lowest BCUT2D eigenvalue weighted by molar-refractivity contribution is 0.252. The highest BCUT2D eigenvalue weighted by atomic mass is 19.2. The molecule has 0 amide bonds. The van der Waals surface area contributed by atoms with Crippen LogP contribution in [-0.4, -0.2) is 0 Å². The molecular weight excluding hydrogens is 239 g/mol. The van der Waals surface area contributed by atoms with E-state index in [9.17, 15) is 13.2 Å². The van der Waals surface area contributed by atoms with Crippen molar-refractivity contribution in [1.82, 2.24) is 0 Å². The van der Waals surface area contributed by atoms with Gasteiger partial charge in [-0.3, -0.25) is 0 Å². The van der Waals surface area contributed by atoms with Crippen molar-refractivity contribution >= 4 is 0 Å². The molecular formula is C14H18F3N. The van der Waals surface area contributed by atoms with Crippen molar-refractivity contribution in [1.29, 1.82) is 0 Å². The predicted octanol–water partition coefficient (Wildman–Crippen LogP) is 3.93. The molecule has 1 aliphatic carbocycles. The highest BCUT2D eigenvalue weighted by Crippen LogP contribution is 2.36. The first-order chi connectivity index (χ1) is 8.50. The molecule has 1 atom stereocenters. The average Bonchev–Trinajstić information content (AvgIpc) is 2.36. The summed E-state index contributed by atoms with van der Waals surface area (Å²) in [5.41, 5.74) is 6.10. The summed E-state index contributed by atoms with van der Waals surface area (Å²) < 4.78 is 39.7. The van der Waals surface area contributed by atoms with E-state index in [0.29, 0.717) is 5.92 Å². The maximum Gasteiger partial charge on any atom is 0.194 e. The standard InChI is InChI=1S/C14H18F3N/c1-8-2-4-9(5-3-8)14(18)10-6-7-11(15)13(17)12(10)16/h6-9,14H,2-5,18H2,1H3. The van der Waals surface area contributed by atoms with Gasteiger partial charge in [-0.25, -0.2) is 13.2 Å². The van der Waals surface area contributed by atoms with Crippen molar-refractivity contribution in [2.45, 2.75) is 38.6 Å². The summed E-state index contributed by atoms with van der Waals surface area (Å²) in [6.45, 7) is 2.18.